The van der Waals surface area contributed by atoms with E-state index in [9.17, 15) is 18.7 Å². The zero-order valence-electron chi connectivity index (χ0n) is 23.3. The number of ether oxygens (including phenoxy) is 2. The number of hydrogen-bond donors (Lipinski definition) is 1. The molecule has 42 heavy (non-hydrogen) atoms. The molecule has 0 spiro atoms. The number of anilines is 1. The lowest BCUT2D eigenvalue weighted by molar-refractivity contribution is -0.148. The summed E-state index contributed by atoms with van der Waals surface area (Å²) >= 11 is 0. The van der Waals surface area contributed by atoms with Crippen LogP contribution in [0, 0.1) is 17.8 Å². The number of pyridine rings is 1. The van der Waals surface area contributed by atoms with Gasteiger partial charge in [0.25, 0.3) is 0 Å². The van der Waals surface area contributed by atoms with E-state index in [0.29, 0.717) is 22.9 Å². The molecule has 1 saturated heterocycles. The fraction of sp³-hybridized carbons (Fsp3) is 0.419. The van der Waals surface area contributed by atoms with Gasteiger partial charge in [-0.1, -0.05) is 18.2 Å². The summed E-state index contributed by atoms with van der Waals surface area (Å²) in [5.74, 6) is 0.632. The number of esters is 1. The summed E-state index contributed by atoms with van der Waals surface area (Å²) in [5.41, 5.74) is 2.88. The lowest BCUT2D eigenvalue weighted by atomic mass is 9.85. The molecule has 2 bridgehead atoms. The second-order valence-electron chi connectivity index (χ2n) is 11.8. The first kappa shape index (κ1) is 26.8. The molecule has 2 unspecified atom stereocenters. The number of para-hydroxylation sites is 1. The summed E-state index contributed by atoms with van der Waals surface area (Å²) in [6, 6.07) is 10.5. The Bertz CT molecular complexity index is 1640. The normalized spacial score (nSPS) is 26.6. The van der Waals surface area contributed by atoms with Crippen LogP contribution < -0.4 is 9.64 Å². The molecule has 218 valence electrons. The van der Waals surface area contributed by atoms with Crippen molar-refractivity contribution in [3.63, 3.8) is 0 Å². The summed E-state index contributed by atoms with van der Waals surface area (Å²) in [7, 11) is 1.45. The number of hydrogen-bond acceptors (Lipinski definition) is 8. The predicted octanol–water partition coefficient (Wildman–Crippen LogP) is 4.77. The van der Waals surface area contributed by atoms with Crippen molar-refractivity contribution in [1.29, 1.82) is 0 Å². The van der Waals surface area contributed by atoms with Crippen LogP contribution in [0.3, 0.4) is 0 Å². The van der Waals surface area contributed by atoms with Crippen LogP contribution in [0.5, 0.6) is 5.75 Å². The van der Waals surface area contributed by atoms with Crippen molar-refractivity contribution in [2.75, 3.05) is 25.1 Å². The van der Waals surface area contributed by atoms with E-state index in [4.69, 9.17) is 14.5 Å². The van der Waals surface area contributed by atoms with Crippen molar-refractivity contribution in [2.24, 2.45) is 17.8 Å². The molecule has 0 amide bonds. The monoisotopic (exact) mass is 575 g/mol. The largest absolute Gasteiger partial charge is 0.469 e. The third kappa shape index (κ3) is 4.38. The third-order valence-electron chi connectivity index (χ3n) is 9.17. The molecule has 4 aromatic rings. The highest BCUT2D eigenvalue weighted by molar-refractivity contribution is 5.74. The van der Waals surface area contributed by atoms with Crippen molar-refractivity contribution >= 4 is 17.6 Å². The Morgan fingerprint density at radius 2 is 1.79 bits per heavy atom. The van der Waals surface area contributed by atoms with Gasteiger partial charge >= 0.3 is 12.6 Å². The molecule has 1 aliphatic heterocycles. The smallest absolute Gasteiger partial charge is 0.387 e. The number of imidazole rings is 1. The molecule has 4 heterocycles. The van der Waals surface area contributed by atoms with E-state index < -0.39 is 18.1 Å². The van der Waals surface area contributed by atoms with E-state index >= 15 is 0 Å². The Kier molecular flexibility index (Phi) is 6.38. The minimum Gasteiger partial charge on any atom is -0.469 e. The van der Waals surface area contributed by atoms with Crippen molar-refractivity contribution < 1.29 is 28.2 Å². The summed E-state index contributed by atoms with van der Waals surface area (Å²) < 4.78 is 38.2. The van der Waals surface area contributed by atoms with Crippen molar-refractivity contribution in [1.82, 2.24) is 19.4 Å². The zero-order chi connectivity index (χ0) is 29.2. The lowest BCUT2D eigenvalue weighted by Crippen LogP contribution is -2.45. The summed E-state index contributed by atoms with van der Waals surface area (Å²) in [4.78, 5) is 28.5. The Labute approximate surface area is 241 Å². The zero-order valence-corrected chi connectivity index (χ0v) is 23.3. The maximum atomic E-state index is 13.2. The Hall–Kier alpha value is -4.12. The number of benzene rings is 1. The van der Waals surface area contributed by atoms with Gasteiger partial charge in [0.2, 0.25) is 5.95 Å². The fourth-order valence-corrected chi connectivity index (χ4v) is 7.32. The van der Waals surface area contributed by atoms with Crippen LogP contribution in [0.15, 0.2) is 55.0 Å². The number of piperidine rings is 1. The third-order valence-corrected chi connectivity index (χ3v) is 9.17. The Morgan fingerprint density at radius 1 is 1.07 bits per heavy atom. The maximum absolute atomic E-state index is 13.2. The van der Waals surface area contributed by atoms with Gasteiger partial charge in [-0.25, -0.2) is 15.0 Å². The highest BCUT2D eigenvalue weighted by Gasteiger charge is 2.47. The average molecular weight is 576 g/mol. The molecule has 2 fully saturated rings. The first-order chi connectivity index (χ1) is 20.2. The number of carbonyl (C=O) groups excluding carboxylic acids is 1. The lowest BCUT2D eigenvalue weighted by Gasteiger charge is -2.36. The topological polar surface area (TPSA) is 102 Å². The quantitative estimate of drug-likeness (QED) is 0.328. The van der Waals surface area contributed by atoms with Gasteiger partial charge in [0.05, 0.1) is 24.4 Å². The molecule has 3 aromatic heterocycles. The second-order valence-corrected chi connectivity index (χ2v) is 11.8. The van der Waals surface area contributed by atoms with Crippen LogP contribution in [0.2, 0.25) is 0 Å². The van der Waals surface area contributed by atoms with E-state index in [1.54, 1.807) is 37.5 Å². The van der Waals surface area contributed by atoms with Crippen molar-refractivity contribution in [3.05, 3.63) is 71.9 Å². The Morgan fingerprint density at radius 3 is 2.48 bits per heavy atom. The van der Waals surface area contributed by atoms with E-state index in [-0.39, 0.29) is 35.9 Å². The first-order valence-electron chi connectivity index (χ1n) is 14.2. The van der Waals surface area contributed by atoms with Crippen LogP contribution in [0.4, 0.5) is 14.7 Å². The van der Waals surface area contributed by atoms with Crippen LogP contribution in [0.25, 0.3) is 16.8 Å². The molecule has 7 rings (SSSR count). The average Bonchev–Trinajstić information content (AvgIpc) is 3.59. The molecule has 11 heteroatoms. The van der Waals surface area contributed by atoms with Crippen LogP contribution in [0.1, 0.15) is 49.1 Å². The maximum Gasteiger partial charge on any atom is 0.387 e. The number of carbonyl (C=O) groups is 1. The van der Waals surface area contributed by atoms with Crippen molar-refractivity contribution in [2.45, 2.75) is 44.3 Å². The second kappa shape index (κ2) is 10.0. The molecular formula is C31H31F2N5O4. The van der Waals surface area contributed by atoms with Crippen LogP contribution in [-0.2, 0) is 15.1 Å². The number of fused-ring (bicyclic) bond motifs is 5. The molecule has 1 aromatic carbocycles. The predicted molar refractivity (Wildman–Crippen MR) is 149 cm³/mol. The van der Waals surface area contributed by atoms with Gasteiger partial charge in [-0.05, 0) is 56.2 Å². The van der Waals surface area contributed by atoms with Gasteiger partial charge in [-0.2, -0.15) is 8.78 Å². The molecule has 9 nitrogen and oxygen atoms in total. The van der Waals surface area contributed by atoms with Gasteiger partial charge < -0.3 is 23.9 Å². The van der Waals surface area contributed by atoms with Gasteiger partial charge in [0.1, 0.15) is 17.0 Å². The molecule has 3 aliphatic rings. The number of nitrogens with zero attached hydrogens (tertiary/aromatic N) is 5. The molecular weight excluding hydrogens is 544 g/mol. The van der Waals surface area contributed by atoms with Gasteiger partial charge in [-0.3, -0.25) is 4.79 Å². The highest BCUT2D eigenvalue weighted by atomic mass is 19.3. The number of aliphatic hydroxyl groups is 1. The minimum absolute atomic E-state index is 0.0485. The number of rotatable bonds is 6. The standard InChI is InChI=1S/C31H31F2N5O4/c1-31(40)11-22(21-5-3-4-6-23(21)42-29(32)33)26-27(31)36-24-10-9-17(16-38(24)26)20-12-34-30(35-13-20)37-14-18-7-8-19(15-37)25(18)28(39)41-2/h3-6,9-10,12-13,16,18-19,22,25,29,40H,7-8,11,14-15H2,1-2H3/t18-,19+,22-,25?,31?/m1/s1. The van der Waals surface area contributed by atoms with Crippen LogP contribution in [-0.4, -0.2) is 57.2 Å². The number of methoxy groups -OCH3 is 1. The summed E-state index contributed by atoms with van der Waals surface area (Å²) in [6.45, 7) is 0.183. The van der Waals surface area contributed by atoms with Crippen molar-refractivity contribution in [3.8, 4) is 16.9 Å². The van der Waals surface area contributed by atoms with E-state index in [2.05, 4.69) is 14.9 Å². The Balaban J connectivity index is 1.20. The number of alkyl halides is 2. The molecule has 0 radical (unpaired) electrons. The number of halogens is 2. The summed E-state index contributed by atoms with van der Waals surface area (Å²) in [6.07, 6.45) is 7.78. The molecule has 1 saturated carbocycles. The highest BCUT2D eigenvalue weighted by Crippen LogP contribution is 2.50. The first-order valence-corrected chi connectivity index (χ1v) is 14.2. The molecule has 5 atom stereocenters. The van der Waals surface area contributed by atoms with Gasteiger partial charge in [0, 0.05) is 54.3 Å². The minimum atomic E-state index is -2.96. The number of aromatic nitrogens is 4. The summed E-state index contributed by atoms with van der Waals surface area (Å²) in [5, 5.41) is 11.3. The van der Waals surface area contributed by atoms with Gasteiger partial charge in [-0.15, -0.1) is 0 Å². The molecule has 1 N–H and O–H groups in total. The molecule has 2 aliphatic carbocycles. The van der Waals surface area contributed by atoms with Crippen LogP contribution >= 0.6 is 0 Å². The van der Waals surface area contributed by atoms with E-state index in [1.165, 1.54) is 13.2 Å². The van der Waals surface area contributed by atoms with E-state index in [0.717, 1.165) is 42.8 Å². The van der Waals surface area contributed by atoms with E-state index in [1.807, 2.05) is 22.7 Å². The van der Waals surface area contributed by atoms with Gasteiger partial charge in [0.15, 0.2) is 0 Å². The SMILES string of the molecule is COC(=O)C1[C@@H]2CC[C@H]1CN(c1ncc(-c3ccc4nc5c(n4c3)[C@@H](c3ccccc3OC(F)F)CC5(C)O)cn1)C2. The fourth-order valence-electron chi connectivity index (χ4n) is 7.32.